The summed E-state index contributed by atoms with van der Waals surface area (Å²) in [6, 6.07) is 1.96. The van der Waals surface area contributed by atoms with Crippen LogP contribution < -0.4 is 19.3 Å². The highest BCUT2D eigenvalue weighted by molar-refractivity contribution is 6.45. The predicted molar refractivity (Wildman–Crippen MR) is 131 cm³/mol. The number of anilines is 2. The van der Waals surface area contributed by atoms with Crippen LogP contribution in [-0.2, 0) is 11.3 Å². The van der Waals surface area contributed by atoms with Crippen molar-refractivity contribution in [3.8, 4) is 11.5 Å². The molecule has 0 bridgehead atoms. The van der Waals surface area contributed by atoms with E-state index in [2.05, 4.69) is 4.98 Å². The minimum atomic E-state index is -0.998. The molecule has 0 aliphatic carbocycles. The van der Waals surface area contributed by atoms with Crippen LogP contribution in [0.4, 0.5) is 25.0 Å². The molecule has 184 valence electrons. The summed E-state index contributed by atoms with van der Waals surface area (Å²) in [5.74, 6) is -0.567. The van der Waals surface area contributed by atoms with Gasteiger partial charge in [0.25, 0.3) is 0 Å². The number of nitrogens with zero attached hydrogens (tertiary/aromatic N) is 3. The number of rotatable bonds is 7. The first-order valence-electron chi connectivity index (χ1n) is 11.4. The third-order valence-corrected chi connectivity index (χ3v) is 6.17. The fraction of sp³-hybridized carbons (Fsp3) is 0.375. The Kier molecular flexibility index (Phi) is 7.06. The molecule has 4 rings (SSSR count). The molecular weight excluding hydrogens is 457 g/mol. The van der Waals surface area contributed by atoms with Gasteiger partial charge in [-0.25, -0.2) is 13.6 Å². The van der Waals surface area contributed by atoms with E-state index in [9.17, 15) is 4.79 Å². The molecule has 8 nitrogen and oxygen atoms in total. The smallest absolute Gasteiger partial charge is 0.329 e. The fourth-order valence-corrected chi connectivity index (χ4v) is 4.45. The van der Waals surface area contributed by atoms with Gasteiger partial charge in [0.1, 0.15) is 13.0 Å². The zero-order valence-corrected chi connectivity index (χ0v) is 20.2. The molecule has 1 saturated heterocycles. The SMILES string of the molecule is CB/C=C(\C(C)=N)c1cc2c(cn1)CN(c1c(F)c(OC)cc(OC)c1F)C(=O)N2C1CCOC1. The molecule has 2 amide bonds. The Morgan fingerprint density at radius 3 is 2.49 bits per heavy atom. The monoisotopic (exact) mass is 484 g/mol. The lowest BCUT2D eigenvalue weighted by molar-refractivity contribution is 0.192. The first-order valence-corrected chi connectivity index (χ1v) is 11.4. The molecule has 2 aliphatic heterocycles. The minimum Gasteiger partial charge on any atom is -0.493 e. The number of fused-ring (bicyclic) bond motifs is 1. The van der Waals surface area contributed by atoms with E-state index >= 15 is 8.78 Å². The molecule has 11 heteroatoms. The minimum absolute atomic E-state index is 0.105. The lowest BCUT2D eigenvalue weighted by Gasteiger charge is -2.40. The van der Waals surface area contributed by atoms with Gasteiger partial charge in [-0.15, -0.1) is 5.98 Å². The van der Waals surface area contributed by atoms with E-state index in [1.807, 2.05) is 12.8 Å². The molecular formula is C24H27BF2N4O4. The molecule has 1 aromatic heterocycles. The van der Waals surface area contributed by atoms with Crippen molar-refractivity contribution < 1.29 is 27.8 Å². The van der Waals surface area contributed by atoms with E-state index in [0.29, 0.717) is 55.1 Å². The maximum absolute atomic E-state index is 15.3. The number of halogens is 2. The number of carbonyl (C=O) groups is 1. The van der Waals surface area contributed by atoms with Gasteiger partial charge >= 0.3 is 6.03 Å². The van der Waals surface area contributed by atoms with Gasteiger partial charge in [-0.05, 0) is 19.4 Å². The standard InChI is InChI=1S/C24H27BF2N4O4/c1-13(28)16(9-25-2)17-7-18-14(10-29-17)11-30(24(32)31(18)15-5-6-35-12-15)23-21(26)19(33-3)8-20(34-4)22(23)27/h7-10,15,25,28H,5-6,11-12H2,1-4H3/b16-9+,28-13?. The van der Waals surface area contributed by atoms with E-state index in [-0.39, 0.29) is 24.1 Å². The largest absolute Gasteiger partial charge is 0.493 e. The van der Waals surface area contributed by atoms with Gasteiger partial charge in [0.2, 0.25) is 0 Å². The Balaban J connectivity index is 1.88. The lowest BCUT2D eigenvalue weighted by Crippen LogP contribution is -2.52. The van der Waals surface area contributed by atoms with E-state index in [0.717, 1.165) is 11.0 Å². The zero-order chi connectivity index (χ0) is 25.3. The van der Waals surface area contributed by atoms with Gasteiger partial charge in [0.15, 0.2) is 23.1 Å². The number of aromatic nitrogens is 1. The van der Waals surface area contributed by atoms with Crippen LogP contribution in [0.15, 0.2) is 24.3 Å². The van der Waals surface area contributed by atoms with Gasteiger partial charge in [0.05, 0.1) is 44.8 Å². The molecule has 1 unspecified atom stereocenters. The summed E-state index contributed by atoms with van der Waals surface area (Å²) in [5, 5.41) is 8.13. The van der Waals surface area contributed by atoms with Gasteiger partial charge in [0, 0.05) is 35.7 Å². The van der Waals surface area contributed by atoms with Crippen LogP contribution >= 0.6 is 0 Å². The van der Waals surface area contributed by atoms with E-state index in [4.69, 9.17) is 19.6 Å². The molecule has 2 aliphatic rings. The van der Waals surface area contributed by atoms with Crippen LogP contribution in [0.3, 0.4) is 0 Å². The molecule has 2 aromatic rings. The molecule has 35 heavy (non-hydrogen) atoms. The number of nitrogens with one attached hydrogen (secondary N) is 1. The van der Waals surface area contributed by atoms with Crippen molar-refractivity contribution in [2.45, 2.75) is 32.8 Å². The van der Waals surface area contributed by atoms with E-state index < -0.39 is 23.4 Å². The van der Waals surface area contributed by atoms with Crippen molar-refractivity contribution in [1.82, 2.24) is 4.98 Å². The van der Waals surface area contributed by atoms with Crippen molar-refractivity contribution >= 4 is 36.0 Å². The predicted octanol–water partition coefficient (Wildman–Crippen LogP) is 3.98. The molecule has 0 spiro atoms. The highest BCUT2D eigenvalue weighted by Crippen LogP contribution is 2.42. The highest BCUT2D eigenvalue weighted by Gasteiger charge is 2.40. The van der Waals surface area contributed by atoms with E-state index in [1.54, 1.807) is 19.2 Å². The van der Waals surface area contributed by atoms with Crippen molar-refractivity contribution in [2.24, 2.45) is 0 Å². The number of carbonyl (C=O) groups excluding carboxylic acids is 1. The molecule has 0 radical (unpaired) electrons. The van der Waals surface area contributed by atoms with Crippen LogP contribution in [-0.4, -0.2) is 57.5 Å². The molecule has 0 saturated carbocycles. The Bertz CT molecular complexity index is 1170. The summed E-state index contributed by atoms with van der Waals surface area (Å²) in [4.78, 5) is 20.9. The average molecular weight is 484 g/mol. The Hall–Kier alpha value is -3.47. The highest BCUT2D eigenvalue weighted by atomic mass is 19.1. The van der Waals surface area contributed by atoms with Gasteiger partial charge in [-0.1, -0.05) is 6.82 Å². The first kappa shape index (κ1) is 24.7. The Labute approximate surface area is 203 Å². The molecule has 3 heterocycles. The summed E-state index contributed by atoms with van der Waals surface area (Å²) in [5.41, 5.74) is 2.23. The van der Waals surface area contributed by atoms with Crippen molar-refractivity contribution in [3.05, 3.63) is 47.2 Å². The lowest BCUT2D eigenvalue weighted by atomic mass is 9.79. The second-order valence-corrected chi connectivity index (χ2v) is 8.36. The molecule has 1 fully saturated rings. The molecule has 1 atom stereocenters. The Morgan fingerprint density at radius 1 is 1.26 bits per heavy atom. The summed E-state index contributed by atoms with van der Waals surface area (Å²) in [6.07, 6.45) is 2.16. The normalized spacial score (nSPS) is 17.9. The average Bonchev–Trinajstić information content (AvgIpc) is 3.37. The topological polar surface area (TPSA) is 88.0 Å². The number of ether oxygens (including phenoxy) is 3. The van der Waals surface area contributed by atoms with Gasteiger partial charge in [-0.2, -0.15) is 0 Å². The van der Waals surface area contributed by atoms with Crippen LogP contribution in [0.25, 0.3) is 5.57 Å². The number of methoxy groups -OCH3 is 2. The van der Waals surface area contributed by atoms with Crippen molar-refractivity contribution in [3.63, 3.8) is 0 Å². The number of allylic oxidation sites excluding steroid dienone is 1. The number of benzene rings is 1. The number of urea groups is 1. The Morgan fingerprint density at radius 2 is 1.94 bits per heavy atom. The maximum atomic E-state index is 15.3. The van der Waals surface area contributed by atoms with E-state index in [1.165, 1.54) is 19.1 Å². The summed E-state index contributed by atoms with van der Waals surface area (Å²) in [7, 11) is 3.23. The second kappa shape index (κ2) is 10.0. The molecule has 1 N–H and O–H groups in total. The van der Waals surface area contributed by atoms with Crippen LogP contribution in [0.2, 0.25) is 6.82 Å². The maximum Gasteiger partial charge on any atom is 0.329 e. The number of amides is 2. The van der Waals surface area contributed by atoms with Crippen molar-refractivity contribution in [2.75, 3.05) is 37.2 Å². The van der Waals surface area contributed by atoms with Crippen LogP contribution in [0, 0.1) is 17.0 Å². The summed E-state index contributed by atoms with van der Waals surface area (Å²) >= 11 is 0. The molecule has 1 aromatic carbocycles. The quantitative estimate of drug-likeness (QED) is 0.475. The number of pyridine rings is 1. The van der Waals surface area contributed by atoms with Crippen LogP contribution in [0.1, 0.15) is 24.6 Å². The third kappa shape index (κ3) is 4.36. The second-order valence-electron chi connectivity index (χ2n) is 8.36. The summed E-state index contributed by atoms with van der Waals surface area (Å²) in [6.45, 7) is 4.31. The first-order chi connectivity index (χ1) is 16.8. The number of hydrogen-bond acceptors (Lipinski definition) is 6. The fourth-order valence-electron chi connectivity index (χ4n) is 4.45. The van der Waals surface area contributed by atoms with Crippen molar-refractivity contribution in [1.29, 1.82) is 5.41 Å². The summed E-state index contributed by atoms with van der Waals surface area (Å²) < 4.78 is 46.3. The zero-order valence-electron chi connectivity index (χ0n) is 20.2. The van der Waals surface area contributed by atoms with Gasteiger partial charge < -0.3 is 19.6 Å². The van der Waals surface area contributed by atoms with Crippen LogP contribution in [0.5, 0.6) is 11.5 Å². The van der Waals surface area contributed by atoms with Gasteiger partial charge in [-0.3, -0.25) is 14.8 Å². The third-order valence-electron chi connectivity index (χ3n) is 6.17. The number of hydrogen-bond donors (Lipinski definition) is 1.